The van der Waals surface area contributed by atoms with Crippen LogP contribution in [0.2, 0.25) is 0 Å². The third-order valence-electron chi connectivity index (χ3n) is 1.94. The third kappa shape index (κ3) is 5.49. The van der Waals surface area contributed by atoms with Gasteiger partial charge in [-0.1, -0.05) is 34.1 Å². The Bertz CT molecular complexity index is 345. The summed E-state index contributed by atoms with van der Waals surface area (Å²) in [4.78, 5) is 11.3. The van der Waals surface area contributed by atoms with E-state index in [1.54, 1.807) is 0 Å². The normalized spacial score (nSPS) is 11.4. The van der Waals surface area contributed by atoms with E-state index in [4.69, 9.17) is 5.73 Å². The second-order valence-electron chi connectivity index (χ2n) is 3.55. The van der Waals surface area contributed by atoms with Gasteiger partial charge in [-0.3, -0.25) is 4.79 Å². The maximum absolute atomic E-state index is 11.3. The molecule has 5 heteroatoms. The monoisotopic (exact) mass is 306 g/mol. The summed E-state index contributed by atoms with van der Waals surface area (Å²) in [5, 5.41) is 2.82. The zero-order chi connectivity index (χ0) is 11.3. The van der Waals surface area contributed by atoms with Crippen LogP contribution in [0, 0.1) is 0 Å². The zero-order valence-corrected chi connectivity index (χ0v) is 11.5. The number of nitrogens with one attached hydrogen (secondary N) is 1. The van der Waals surface area contributed by atoms with Crippen molar-refractivity contribution in [2.24, 2.45) is 5.73 Å². The number of benzene rings is 1. The molecule has 90 valence electrons. The summed E-state index contributed by atoms with van der Waals surface area (Å²) < 4.78 is 1.01. The molecule has 0 radical (unpaired) electrons. The molecular formula is C11H16BrClN2O. The summed E-state index contributed by atoms with van der Waals surface area (Å²) >= 11 is 3.42. The molecule has 1 unspecified atom stereocenters. The first-order valence-corrected chi connectivity index (χ1v) is 5.64. The van der Waals surface area contributed by atoms with Gasteiger partial charge in [0.2, 0.25) is 5.91 Å². The van der Waals surface area contributed by atoms with Crippen LogP contribution in [0.4, 0.5) is 0 Å². The molecular weight excluding hydrogens is 291 g/mol. The first-order chi connectivity index (χ1) is 7.09. The number of carbonyl (C=O) groups is 1. The van der Waals surface area contributed by atoms with Crippen LogP contribution in [0.3, 0.4) is 0 Å². The lowest BCUT2D eigenvalue weighted by Gasteiger charge is -2.08. The van der Waals surface area contributed by atoms with E-state index in [2.05, 4.69) is 21.2 Å². The van der Waals surface area contributed by atoms with Crippen molar-refractivity contribution in [3.63, 3.8) is 0 Å². The average molecular weight is 308 g/mol. The fourth-order valence-corrected chi connectivity index (χ4v) is 1.63. The van der Waals surface area contributed by atoms with Crippen molar-refractivity contribution in [1.29, 1.82) is 0 Å². The van der Waals surface area contributed by atoms with Crippen molar-refractivity contribution in [3.05, 3.63) is 34.3 Å². The first kappa shape index (κ1) is 15.4. The van der Waals surface area contributed by atoms with Crippen molar-refractivity contribution < 1.29 is 4.79 Å². The minimum Gasteiger partial charge on any atom is -0.352 e. The molecule has 1 aromatic rings. The van der Waals surface area contributed by atoms with Crippen LogP contribution in [-0.4, -0.2) is 11.9 Å². The second-order valence-corrected chi connectivity index (χ2v) is 4.40. The van der Waals surface area contributed by atoms with E-state index in [-0.39, 0.29) is 24.4 Å². The number of rotatable bonds is 4. The standard InChI is InChI=1S/C11H15BrN2O.ClH/c1-8(13)6-11(15)14-7-9-4-2-3-5-10(9)12;/h2-5,8H,6-7,13H2,1H3,(H,14,15);1H. The molecule has 0 bridgehead atoms. The molecule has 1 atom stereocenters. The Balaban J connectivity index is 0.00000225. The summed E-state index contributed by atoms with van der Waals surface area (Å²) in [6, 6.07) is 7.71. The largest absolute Gasteiger partial charge is 0.352 e. The molecule has 0 heterocycles. The molecule has 1 aromatic carbocycles. The number of hydrogen-bond acceptors (Lipinski definition) is 2. The number of carbonyl (C=O) groups excluding carboxylic acids is 1. The van der Waals surface area contributed by atoms with E-state index < -0.39 is 0 Å². The maximum Gasteiger partial charge on any atom is 0.221 e. The summed E-state index contributed by atoms with van der Waals surface area (Å²) in [7, 11) is 0. The van der Waals surface area contributed by atoms with E-state index in [0.717, 1.165) is 10.0 Å². The SMILES string of the molecule is CC(N)CC(=O)NCc1ccccc1Br.Cl. The highest BCUT2D eigenvalue weighted by Gasteiger charge is 2.05. The fraction of sp³-hybridized carbons (Fsp3) is 0.364. The molecule has 0 aliphatic rings. The second kappa shape index (κ2) is 7.65. The summed E-state index contributed by atoms with van der Waals surface area (Å²) in [6.07, 6.45) is 0.366. The molecule has 16 heavy (non-hydrogen) atoms. The van der Waals surface area contributed by atoms with Crippen molar-refractivity contribution in [2.45, 2.75) is 25.9 Å². The van der Waals surface area contributed by atoms with Gasteiger partial charge < -0.3 is 11.1 Å². The van der Waals surface area contributed by atoms with Crippen LogP contribution in [0.1, 0.15) is 18.9 Å². The van der Waals surface area contributed by atoms with Crippen LogP contribution < -0.4 is 11.1 Å². The lowest BCUT2D eigenvalue weighted by Crippen LogP contribution is -2.29. The Labute approximate surface area is 110 Å². The highest BCUT2D eigenvalue weighted by atomic mass is 79.9. The predicted octanol–water partition coefficient (Wildman–Crippen LogP) is 2.22. The molecule has 0 saturated carbocycles. The molecule has 0 aromatic heterocycles. The molecule has 0 aliphatic carbocycles. The maximum atomic E-state index is 11.3. The number of halogens is 2. The molecule has 0 aliphatic heterocycles. The Morgan fingerprint density at radius 2 is 2.12 bits per heavy atom. The lowest BCUT2D eigenvalue weighted by molar-refractivity contribution is -0.121. The van der Waals surface area contributed by atoms with E-state index in [0.29, 0.717) is 13.0 Å². The van der Waals surface area contributed by atoms with Gasteiger partial charge in [-0.15, -0.1) is 12.4 Å². The minimum atomic E-state index is -0.0933. The molecule has 3 N–H and O–H groups in total. The number of nitrogens with two attached hydrogens (primary N) is 1. The summed E-state index contributed by atoms with van der Waals surface area (Å²) in [5.74, 6) is -0.0132. The Morgan fingerprint density at radius 3 is 2.69 bits per heavy atom. The molecule has 0 fully saturated rings. The topological polar surface area (TPSA) is 55.1 Å². The van der Waals surface area contributed by atoms with Crippen LogP contribution >= 0.6 is 28.3 Å². The van der Waals surface area contributed by atoms with E-state index in [1.165, 1.54) is 0 Å². The number of amides is 1. The van der Waals surface area contributed by atoms with Gasteiger partial charge in [0.05, 0.1) is 0 Å². The van der Waals surface area contributed by atoms with Gasteiger partial charge in [0.15, 0.2) is 0 Å². The average Bonchev–Trinajstić information content (AvgIpc) is 2.15. The van der Waals surface area contributed by atoms with E-state index >= 15 is 0 Å². The van der Waals surface area contributed by atoms with Crippen molar-refractivity contribution in [1.82, 2.24) is 5.32 Å². The zero-order valence-electron chi connectivity index (χ0n) is 9.07. The Kier molecular flexibility index (Phi) is 7.38. The van der Waals surface area contributed by atoms with Gasteiger partial charge in [-0.25, -0.2) is 0 Å². The predicted molar refractivity (Wildman–Crippen MR) is 71.5 cm³/mol. The Morgan fingerprint density at radius 1 is 1.50 bits per heavy atom. The van der Waals surface area contributed by atoms with Gasteiger partial charge in [0.25, 0.3) is 0 Å². The van der Waals surface area contributed by atoms with Crippen molar-refractivity contribution in [2.75, 3.05) is 0 Å². The molecule has 3 nitrogen and oxygen atoms in total. The smallest absolute Gasteiger partial charge is 0.221 e. The van der Waals surface area contributed by atoms with E-state index in [1.807, 2.05) is 31.2 Å². The molecule has 1 rings (SSSR count). The van der Waals surface area contributed by atoms with Gasteiger partial charge in [0.1, 0.15) is 0 Å². The number of hydrogen-bond donors (Lipinski definition) is 2. The highest BCUT2D eigenvalue weighted by Crippen LogP contribution is 2.15. The third-order valence-corrected chi connectivity index (χ3v) is 2.71. The van der Waals surface area contributed by atoms with Crippen molar-refractivity contribution in [3.8, 4) is 0 Å². The van der Waals surface area contributed by atoms with E-state index in [9.17, 15) is 4.79 Å². The molecule has 0 saturated heterocycles. The van der Waals surface area contributed by atoms with Crippen LogP contribution in [0.25, 0.3) is 0 Å². The van der Waals surface area contributed by atoms with Crippen molar-refractivity contribution >= 4 is 34.2 Å². The van der Waals surface area contributed by atoms with Gasteiger partial charge >= 0.3 is 0 Å². The Hall–Kier alpha value is -0.580. The highest BCUT2D eigenvalue weighted by molar-refractivity contribution is 9.10. The van der Waals surface area contributed by atoms with Gasteiger partial charge in [-0.2, -0.15) is 0 Å². The van der Waals surface area contributed by atoms with Crippen LogP contribution in [0.5, 0.6) is 0 Å². The van der Waals surface area contributed by atoms with Gasteiger partial charge in [-0.05, 0) is 18.6 Å². The molecule has 1 amide bonds. The van der Waals surface area contributed by atoms with Crippen LogP contribution in [-0.2, 0) is 11.3 Å². The quantitative estimate of drug-likeness (QED) is 0.896. The minimum absolute atomic E-state index is 0. The van der Waals surface area contributed by atoms with Gasteiger partial charge in [0, 0.05) is 23.5 Å². The summed E-state index contributed by atoms with van der Waals surface area (Å²) in [6.45, 7) is 2.35. The lowest BCUT2D eigenvalue weighted by atomic mass is 10.2. The first-order valence-electron chi connectivity index (χ1n) is 4.85. The summed E-state index contributed by atoms with van der Waals surface area (Å²) in [5.41, 5.74) is 6.59. The fourth-order valence-electron chi connectivity index (χ4n) is 1.20. The van der Waals surface area contributed by atoms with Crippen LogP contribution in [0.15, 0.2) is 28.7 Å². The molecule has 0 spiro atoms.